The second-order valence-corrected chi connectivity index (χ2v) is 8.14. The summed E-state index contributed by atoms with van der Waals surface area (Å²) < 4.78 is 0. The quantitative estimate of drug-likeness (QED) is 0.526. The molecule has 0 aliphatic rings. The van der Waals surface area contributed by atoms with Crippen LogP contribution in [0.3, 0.4) is 0 Å². The van der Waals surface area contributed by atoms with Gasteiger partial charge in [-0.3, -0.25) is 4.98 Å². The van der Waals surface area contributed by atoms with E-state index in [9.17, 15) is 0 Å². The minimum atomic E-state index is 0.307. The highest BCUT2D eigenvalue weighted by Crippen LogP contribution is 2.31. The van der Waals surface area contributed by atoms with Crippen LogP contribution in [0.15, 0.2) is 60.8 Å². The SMILES string of the molecule is Cc1cc(CC(C)(C)C)ccc1-c1cc(-c2ccccc2)ncc1C. The van der Waals surface area contributed by atoms with Crippen LogP contribution in [0, 0.1) is 19.3 Å². The van der Waals surface area contributed by atoms with E-state index >= 15 is 0 Å². The average molecular weight is 329 g/mol. The van der Waals surface area contributed by atoms with Gasteiger partial charge in [0.2, 0.25) is 0 Å². The first kappa shape index (κ1) is 17.4. The van der Waals surface area contributed by atoms with E-state index in [2.05, 4.69) is 88.1 Å². The lowest BCUT2D eigenvalue weighted by molar-refractivity contribution is 0.411. The summed E-state index contributed by atoms with van der Waals surface area (Å²) in [5.41, 5.74) is 9.01. The fraction of sp³-hybridized carbons (Fsp3) is 0.292. The Kier molecular flexibility index (Phi) is 4.76. The Balaban J connectivity index is 2.02. The Bertz CT molecular complexity index is 870. The van der Waals surface area contributed by atoms with Gasteiger partial charge in [0.15, 0.2) is 0 Å². The average Bonchev–Trinajstić information content (AvgIpc) is 2.55. The van der Waals surface area contributed by atoms with Gasteiger partial charge in [0.05, 0.1) is 5.69 Å². The summed E-state index contributed by atoms with van der Waals surface area (Å²) in [4.78, 5) is 4.63. The van der Waals surface area contributed by atoms with Crippen molar-refractivity contribution in [1.82, 2.24) is 4.98 Å². The molecule has 0 bridgehead atoms. The highest BCUT2D eigenvalue weighted by atomic mass is 14.7. The maximum atomic E-state index is 4.63. The highest BCUT2D eigenvalue weighted by molar-refractivity contribution is 5.75. The highest BCUT2D eigenvalue weighted by Gasteiger charge is 2.13. The maximum absolute atomic E-state index is 4.63. The summed E-state index contributed by atoms with van der Waals surface area (Å²) in [6.45, 7) is 11.2. The molecule has 2 aromatic carbocycles. The number of hydrogen-bond acceptors (Lipinski definition) is 1. The van der Waals surface area contributed by atoms with Crippen molar-refractivity contribution < 1.29 is 0 Å². The van der Waals surface area contributed by atoms with E-state index in [4.69, 9.17) is 0 Å². The van der Waals surface area contributed by atoms with E-state index < -0.39 is 0 Å². The molecular formula is C24H27N. The van der Waals surface area contributed by atoms with Crippen LogP contribution < -0.4 is 0 Å². The van der Waals surface area contributed by atoms with Crippen molar-refractivity contribution in [2.75, 3.05) is 0 Å². The zero-order valence-corrected chi connectivity index (χ0v) is 15.9. The summed E-state index contributed by atoms with van der Waals surface area (Å²) in [7, 11) is 0. The third-order valence-electron chi connectivity index (χ3n) is 4.49. The molecule has 0 saturated heterocycles. The van der Waals surface area contributed by atoms with E-state index in [1.54, 1.807) is 0 Å². The number of pyridine rings is 1. The van der Waals surface area contributed by atoms with Crippen molar-refractivity contribution in [3.8, 4) is 22.4 Å². The van der Waals surface area contributed by atoms with Crippen LogP contribution in [0.2, 0.25) is 0 Å². The van der Waals surface area contributed by atoms with Crippen molar-refractivity contribution in [1.29, 1.82) is 0 Å². The third-order valence-corrected chi connectivity index (χ3v) is 4.49. The number of hydrogen-bond donors (Lipinski definition) is 0. The number of aromatic nitrogens is 1. The van der Waals surface area contributed by atoms with Gasteiger partial charge in [-0.1, -0.05) is 69.3 Å². The van der Waals surface area contributed by atoms with Crippen LogP contribution in [-0.4, -0.2) is 4.98 Å². The van der Waals surface area contributed by atoms with E-state index in [0.717, 1.165) is 17.7 Å². The van der Waals surface area contributed by atoms with Gasteiger partial charge >= 0.3 is 0 Å². The summed E-state index contributed by atoms with van der Waals surface area (Å²) in [5.74, 6) is 0. The molecule has 0 unspecified atom stereocenters. The van der Waals surface area contributed by atoms with Crippen LogP contribution in [0.4, 0.5) is 0 Å². The van der Waals surface area contributed by atoms with Gasteiger partial charge in [-0.2, -0.15) is 0 Å². The Morgan fingerprint density at radius 3 is 2.16 bits per heavy atom. The monoisotopic (exact) mass is 329 g/mol. The van der Waals surface area contributed by atoms with Crippen molar-refractivity contribution in [2.24, 2.45) is 5.41 Å². The Morgan fingerprint density at radius 1 is 0.800 bits per heavy atom. The Labute approximate surface area is 151 Å². The largest absolute Gasteiger partial charge is 0.256 e. The number of nitrogens with zero attached hydrogens (tertiary/aromatic N) is 1. The van der Waals surface area contributed by atoms with Crippen molar-refractivity contribution >= 4 is 0 Å². The van der Waals surface area contributed by atoms with E-state index in [0.29, 0.717) is 5.41 Å². The van der Waals surface area contributed by atoms with Gasteiger partial charge in [0.25, 0.3) is 0 Å². The molecule has 0 N–H and O–H groups in total. The molecule has 0 spiro atoms. The molecule has 0 amide bonds. The Hall–Kier alpha value is -2.41. The van der Waals surface area contributed by atoms with E-state index in [1.807, 2.05) is 12.3 Å². The third kappa shape index (κ3) is 4.17. The summed E-state index contributed by atoms with van der Waals surface area (Å²) in [6.07, 6.45) is 3.08. The van der Waals surface area contributed by atoms with E-state index in [1.165, 1.54) is 27.8 Å². The van der Waals surface area contributed by atoms with Crippen molar-refractivity contribution in [3.63, 3.8) is 0 Å². The summed E-state index contributed by atoms with van der Waals surface area (Å²) in [6, 6.07) is 19.5. The lowest BCUT2D eigenvalue weighted by Gasteiger charge is -2.19. The van der Waals surface area contributed by atoms with Gasteiger partial charge in [-0.25, -0.2) is 0 Å². The molecule has 25 heavy (non-hydrogen) atoms. The summed E-state index contributed by atoms with van der Waals surface area (Å²) in [5, 5.41) is 0. The predicted molar refractivity (Wildman–Crippen MR) is 108 cm³/mol. The van der Waals surface area contributed by atoms with Crippen LogP contribution in [-0.2, 0) is 6.42 Å². The van der Waals surface area contributed by atoms with Gasteiger partial charge in [-0.15, -0.1) is 0 Å². The normalized spacial score (nSPS) is 11.6. The molecule has 0 aliphatic carbocycles. The van der Waals surface area contributed by atoms with Crippen molar-refractivity contribution in [2.45, 2.75) is 41.0 Å². The smallest absolute Gasteiger partial charge is 0.0708 e. The van der Waals surface area contributed by atoms with Gasteiger partial charge in [0, 0.05) is 11.8 Å². The number of rotatable bonds is 3. The molecule has 0 aliphatic heterocycles. The molecule has 1 heteroatoms. The second kappa shape index (κ2) is 6.84. The maximum Gasteiger partial charge on any atom is 0.0708 e. The lowest BCUT2D eigenvalue weighted by Crippen LogP contribution is -2.09. The molecular weight excluding hydrogens is 302 g/mol. The molecule has 0 atom stereocenters. The first-order valence-corrected chi connectivity index (χ1v) is 8.95. The summed E-state index contributed by atoms with van der Waals surface area (Å²) >= 11 is 0. The molecule has 1 nitrogen and oxygen atoms in total. The molecule has 1 aromatic heterocycles. The number of benzene rings is 2. The van der Waals surface area contributed by atoms with Crippen LogP contribution in [0.5, 0.6) is 0 Å². The standard InChI is InChI=1S/C24H27N/c1-17-13-19(15-24(3,4)5)11-12-21(17)22-14-23(25-16-18(22)2)20-9-7-6-8-10-20/h6-14,16H,15H2,1-5H3. The zero-order valence-electron chi connectivity index (χ0n) is 15.9. The Morgan fingerprint density at radius 2 is 1.52 bits per heavy atom. The van der Waals surface area contributed by atoms with Crippen LogP contribution in [0.25, 0.3) is 22.4 Å². The van der Waals surface area contributed by atoms with Gasteiger partial charge < -0.3 is 0 Å². The first-order valence-electron chi connectivity index (χ1n) is 8.95. The first-order chi connectivity index (χ1) is 11.8. The molecule has 1 heterocycles. The fourth-order valence-corrected chi connectivity index (χ4v) is 3.33. The van der Waals surface area contributed by atoms with Crippen LogP contribution in [0.1, 0.15) is 37.5 Å². The topological polar surface area (TPSA) is 12.9 Å². The minimum Gasteiger partial charge on any atom is -0.256 e. The molecule has 0 saturated carbocycles. The predicted octanol–water partition coefficient (Wildman–Crippen LogP) is 6.62. The lowest BCUT2D eigenvalue weighted by atomic mass is 9.86. The molecule has 0 radical (unpaired) electrons. The number of aryl methyl sites for hydroxylation is 2. The van der Waals surface area contributed by atoms with Gasteiger partial charge in [-0.05, 0) is 59.6 Å². The van der Waals surface area contributed by atoms with E-state index in [-0.39, 0.29) is 0 Å². The molecule has 3 aromatic rings. The van der Waals surface area contributed by atoms with Gasteiger partial charge in [0.1, 0.15) is 0 Å². The minimum absolute atomic E-state index is 0.307. The van der Waals surface area contributed by atoms with Crippen LogP contribution >= 0.6 is 0 Å². The van der Waals surface area contributed by atoms with Crippen molar-refractivity contribution in [3.05, 3.63) is 77.5 Å². The molecule has 128 valence electrons. The fourth-order valence-electron chi connectivity index (χ4n) is 3.33. The second-order valence-electron chi connectivity index (χ2n) is 8.14. The molecule has 3 rings (SSSR count). The zero-order chi connectivity index (χ0) is 18.0. The molecule has 0 fully saturated rings.